The van der Waals surface area contributed by atoms with E-state index in [1.165, 1.54) is 7.11 Å². The minimum atomic E-state index is -0.589. The molecule has 24 heavy (non-hydrogen) atoms. The topological polar surface area (TPSA) is 61.8 Å². The van der Waals surface area contributed by atoms with Gasteiger partial charge in [-0.2, -0.15) is 0 Å². The zero-order valence-electron chi connectivity index (χ0n) is 15.0. The van der Waals surface area contributed by atoms with Crippen LogP contribution in [0.4, 0.5) is 0 Å². The fraction of sp³-hybridized carbons (Fsp3) is 0.579. The van der Waals surface area contributed by atoms with Crippen LogP contribution in [0.15, 0.2) is 36.0 Å². The van der Waals surface area contributed by atoms with Crippen LogP contribution in [0.5, 0.6) is 0 Å². The molecule has 1 saturated heterocycles. The monoisotopic (exact) mass is 336 g/mol. The lowest BCUT2D eigenvalue weighted by Crippen LogP contribution is -2.21. The Kier molecular flexibility index (Phi) is 8.65. The van der Waals surface area contributed by atoms with Crippen molar-refractivity contribution in [3.8, 4) is 0 Å². The van der Waals surface area contributed by atoms with Crippen LogP contribution in [0, 0.1) is 0 Å². The van der Waals surface area contributed by atoms with E-state index in [0.29, 0.717) is 25.9 Å². The molecule has 1 atom stereocenters. The molecule has 0 amide bonds. The molecule has 0 radical (unpaired) electrons. The summed E-state index contributed by atoms with van der Waals surface area (Å²) >= 11 is 0. The van der Waals surface area contributed by atoms with Crippen molar-refractivity contribution in [1.82, 2.24) is 0 Å². The molecule has 0 aromatic rings. The van der Waals surface area contributed by atoms with Crippen LogP contribution >= 0.6 is 0 Å². The van der Waals surface area contributed by atoms with Gasteiger partial charge >= 0.3 is 5.97 Å². The number of esters is 1. The summed E-state index contributed by atoms with van der Waals surface area (Å²) in [5, 5.41) is 0. The van der Waals surface area contributed by atoms with Gasteiger partial charge in [-0.25, -0.2) is 0 Å². The Morgan fingerprint density at radius 2 is 1.92 bits per heavy atom. The lowest BCUT2D eigenvalue weighted by molar-refractivity contribution is -0.140. The summed E-state index contributed by atoms with van der Waals surface area (Å²) in [5.74, 6) is -0.747. The fourth-order valence-corrected chi connectivity index (χ4v) is 2.25. The van der Waals surface area contributed by atoms with E-state index in [2.05, 4.69) is 4.74 Å². The van der Waals surface area contributed by atoms with Gasteiger partial charge in [0.1, 0.15) is 6.10 Å². The van der Waals surface area contributed by atoms with E-state index in [1.54, 1.807) is 6.92 Å². The Morgan fingerprint density at radius 1 is 1.21 bits per heavy atom. The predicted molar refractivity (Wildman–Crippen MR) is 92.4 cm³/mol. The van der Waals surface area contributed by atoms with E-state index >= 15 is 0 Å². The summed E-state index contributed by atoms with van der Waals surface area (Å²) < 4.78 is 15.8. The van der Waals surface area contributed by atoms with Crippen LogP contribution in [-0.2, 0) is 23.8 Å². The van der Waals surface area contributed by atoms with E-state index in [9.17, 15) is 9.59 Å². The third-order valence-electron chi connectivity index (χ3n) is 3.56. The number of rotatable bonds is 9. The van der Waals surface area contributed by atoms with Gasteiger partial charge in [0.05, 0.1) is 13.7 Å². The highest BCUT2D eigenvalue weighted by Gasteiger charge is 2.31. The highest BCUT2D eigenvalue weighted by atomic mass is 16.7. The Bertz CT molecular complexity index is 514. The van der Waals surface area contributed by atoms with Crippen LogP contribution in [0.25, 0.3) is 0 Å². The Labute approximate surface area is 144 Å². The number of allylic oxidation sites excluding steroid dienone is 5. The summed E-state index contributed by atoms with van der Waals surface area (Å²) in [6.45, 7) is 5.76. The number of methoxy groups -OCH3 is 1. The second kappa shape index (κ2) is 10.2. The number of hydrogen-bond donors (Lipinski definition) is 0. The molecule has 0 spiro atoms. The summed E-state index contributed by atoms with van der Waals surface area (Å²) in [5.41, 5.74) is 0.729. The van der Waals surface area contributed by atoms with Crippen LogP contribution in [0.1, 0.15) is 46.5 Å². The van der Waals surface area contributed by atoms with Gasteiger partial charge in [0.15, 0.2) is 11.6 Å². The zero-order chi connectivity index (χ0) is 18.0. The molecular formula is C19H28O5. The summed E-state index contributed by atoms with van der Waals surface area (Å²) in [7, 11) is 1.39. The normalized spacial score (nSPS) is 20.8. The summed E-state index contributed by atoms with van der Waals surface area (Å²) in [4.78, 5) is 22.7. The molecule has 1 fully saturated rings. The summed E-state index contributed by atoms with van der Waals surface area (Å²) in [6, 6.07) is 0. The van der Waals surface area contributed by atoms with Gasteiger partial charge in [-0.05, 0) is 51.7 Å². The van der Waals surface area contributed by atoms with Crippen molar-refractivity contribution in [3.05, 3.63) is 36.0 Å². The highest BCUT2D eigenvalue weighted by molar-refractivity contribution is 5.93. The minimum absolute atomic E-state index is 0.0431. The number of ketones is 1. The molecule has 1 heterocycles. The van der Waals surface area contributed by atoms with Crippen molar-refractivity contribution in [3.63, 3.8) is 0 Å². The van der Waals surface area contributed by atoms with Crippen molar-refractivity contribution in [1.29, 1.82) is 0 Å². The molecular weight excluding hydrogens is 308 g/mol. The zero-order valence-corrected chi connectivity index (χ0v) is 15.0. The quantitative estimate of drug-likeness (QED) is 0.366. The number of carbonyl (C=O) groups is 2. The molecule has 1 aliphatic heterocycles. The maximum Gasteiger partial charge on any atom is 0.305 e. The first-order chi connectivity index (χ1) is 11.3. The van der Waals surface area contributed by atoms with Crippen molar-refractivity contribution in [2.45, 2.75) is 58.3 Å². The number of carbonyl (C=O) groups excluding carboxylic acids is 2. The molecule has 5 nitrogen and oxygen atoms in total. The third kappa shape index (κ3) is 8.22. The van der Waals surface area contributed by atoms with Gasteiger partial charge in [0.2, 0.25) is 0 Å². The summed E-state index contributed by atoms with van der Waals surface area (Å²) in [6.07, 6.45) is 12.0. The van der Waals surface area contributed by atoms with Crippen LogP contribution in [-0.4, -0.2) is 37.4 Å². The van der Waals surface area contributed by atoms with E-state index in [-0.39, 0.29) is 17.9 Å². The average molecular weight is 336 g/mol. The molecule has 0 N–H and O–H groups in total. The van der Waals surface area contributed by atoms with Gasteiger partial charge in [0, 0.05) is 6.42 Å². The smallest absolute Gasteiger partial charge is 0.305 e. The largest absolute Gasteiger partial charge is 0.469 e. The number of Topliss-reactive ketones (excluding diaryl/α,β-unsaturated/α-hetero) is 1. The number of hydrogen-bond acceptors (Lipinski definition) is 5. The van der Waals surface area contributed by atoms with Gasteiger partial charge in [0.25, 0.3) is 0 Å². The Hall–Kier alpha value is -1.72. The van der Waals surface area contributed by atoms with Crippen LogP contribution < -0.4 is 0 Å². The molecule has 5 heteroatoms. The molecule has 0 aromatic heterocycles. The van der Waals surface area contributed by atoms with Crippen LogP contribution in [0.2, 0.25) is 0 Å². The van der Waals surface area contributed by atoms with Crippen LogP contribution in [0.3, 0.4) is 0 Å². The average Bonchev–Trinajstić information content (AvgIpc) is 2.87. The Morgan fingerprint density at radius 3 is 2.50 bits per heavy atom. The standard InChI is InChI=1S/C19H28O5/c1-15(20)16(13-17-14-23-19(2,3)24-17)11-9-7-5-6-8-10-12-18(21)22-4/h6-9,13,17H,5,10-12,14H2,1-4H3/b8-6-,9-7-,16-13-. The van der Waals surface area contributed by atoms with Crippen molar-refractivity contribution >= 4 is 11.8 Å². The van der Waals surface area contributed by atoms with E-state index in [1.807, 2.05) is 44.2 Å². The first-order valence-corrected chi connectivity index (χ1v) is 8.24. The first kappa shape index (κ1) is 20.3. The highest BCUT2D eigenvalue weighted by Crippen LogP contribution is 2.24. The molecule has 1 unspecified atom stereocenters. The van der Waals surface area contributed by atoms with E-state index < -0.39 is 5.79 Å². The SMILES string of the molecule is COC(=O)CC/C=C\C/C=C\C/C(=C/C1COC(C)(C)O1)C(C)=O. The van der Waals surface area contributed by atoms with Gasteiger partial charge in [-0.3, -0.25) is 9.59 Å². The van der Waals surface area contributed by atoms with Crippen molar-refractivity contribution in [2.24, 2.45) is 0 Å². The lowest BCUT2D eigenvalue weighted by Gasteiger charge is -2.16. The second-order valence-electron chi connectivity index (χ2n) is 6.11. The molecule has 1 rings (SSSR count). The minimum Gasteiger partial charge on any atom is -0.469 e. The van der Waals surface area contributed by atoms with Gasteiger partial charge in [-0.1, -0.05) is 24.3 Å². The number of ether oxygens (including phenoxy) is 3. The predicted octanol–water partition coefficient (Wildman–Crippen LogP) is 3.50. The maximum absolute atomic E-state index is 11.7. The van der Waals surface area contributed by atoms with Gasteiger partial charge in [-0.15, -0.1) is 0 Å². The van der Waals surface area contributed by atoms with Crippen molar-refractivity contribution in [2.75, 3.05) is 13.7 Å². The molecule has 0 aliphatic carbocycles. The molecule has 0 bridgehead atoms. The molecule has 0 aromatic carbocycles. The van der Waals surface area contributed by atoms with Crippen molar-refractivity contribution < 1.29 is 23.8 Å². The third-order valence-corrected chi connectivity index (χ3v) is 3.56. The first-order valence-electron chi connectivity index (χ1n) is 8.24. The molecule has 1 aliphatic rings. The molecule has 134 valence electrons. The fourth-order valence-electron chi connectivity index (χ4n) is 2.25. The lowest BCUT2D eigenvalue weighted by atomic mass is 10.1. The maximum atomic E-state index is 11.7. The van der Waals surface area contributed by atoms with E-state index in [4.69, 9.17) is 9.47 Å². The van der Waals surface area contributed by atoms with E-state index in [0.717, 1.165) is 12.0 Å². The molecule has 0 saturated carbocycles. The second-order valence-corrected chi connectivity index (χ2v) is 6.11. The Balaban J connectivity index is 2.37. The van der Waals surface area contributed by atoms with Gasteiger partial charge < -0.3 is 14.2 Å².